The zero-order valence-corrected chi connectivity index (χ0v) is 9.70. The molecule has 0 saturated carbocycles. The van der Waals surface area contributed by atoms with Gasteiger partial charge in [-0.25, -0.2) is 0 Å². The van der Waals surface area contributed by atoms with E-state index in [9.17, 15) is 10.1 Å². The van der Waals surface area contributed by atoms with Crippen LogP contribution in [0.2, 0.25) is 0 Å². The van der Waals surface area contributed by atoms with Gasteiger partial charge in [0.15, 0.2) is 0 Å². The predicted molar refractivity (Wildman–Crippen MR) is 59.6 cm³/mol. The normalized spacial score (nSPS) is 9.77. The number of nitro groups is 1. The molecule has 0 saturated heterocycles. The van der Waals surface area contributed by atoms with Crippen LogP contribution < -0.4 is 4.74 Å². The van der Waals surface area contributed by atoms with Crippen LogP contribution in [0.1, 0.15) is 0 Å². The number of ether oxygens (including phenoxy) is 1. The fourth-order valence-corrected chi connectivity index (χ4v) is 1.74. The summed E-state index contributed by atoms with van der Waals surface area (Å²) in [6.07, 6.45) is 0. The molecule has 0 unspecified atom stereocenters. The number of halogens is 1. The first-order valence-electron chi connectivity index (χ1n) is 3.27. The van der Waals surface area contributed by atoms with Crippen LogP contribution in [-0.2, 0) is 0 Å². The van der Waals surface area contributed by atoms with E-state index in [0.717, 1.165) is 3.57 Å². The number of rotatable bonds is 2. The lowest BCUT2D eigenvalue weighted by Crippen LogP contribution is -1.94. The standard InChI is InChI=1S/C7H6INO3S/c1-12-6-3-4(8)2-5(7(6)13)9(10)11/h2-3,13H,1H3. The minimum Gasteiger partial charge on any atom is -0.495 e. The molecule has 70 valence electrons. The molecule has 0 aromatic heterocycles. The molecule has 1 rings (SSSR count). The third-order valence-corrected chi connectivity index (χ3v) is 2.51. The van der Waals surface area contributed by atoms with Crippen LogP contribution in [0, 0.1) is 13.7 Å². The van der Waals surface area contributed by atoms with Gasteiger partial charge in [-0.1, -0.05) is 0 Å². The average molecular weight is 311 g/mol. The van der Waals surface area contributed by atoms with Gasteiger partial charge in [-0.2, -0.15) is 0 Å². The lowest BCUT2D eigenvalue weighted by Gasteiger charge is -2.04. The molecule has 0 N–H and O–H groups in total. The quantitative estimate of drug-likeness (QED) is 0.395. The molecule has 1 aromatic rings. The molecule has 0 atom stereocenters. The minimum absolute atomic E-state index is 0.0351. The second kappa shape index (κ2) is 4.14. The van der Waals surface area contributed by atoms with Crippen molar-refractivity contribution in [3.8, 4) is 5.75 Å². The highest BCUT2D eigenvalue weighted by Gasteiger charge is 2.16. The van der Waals surface area contributed by atoms with Crippen LogP contribution in [0.25, 0.3) is 0 Å². The number of nitrogens with zero attached hydrogens (tertiary/aromatic N) is 1. The van der Waals surface area contributed by atoms with Crippen molar-refractivity contribution < 1.29 is 9.66 Å². The van der Waals surface area contributed by atoms with E-state index in [-0.39, 0.29) is 10.6 Å². The molecule has 0 amide bonds. The first kappa shape index (κ1) is 10.6. The Hall–Kier alpha value is -0.500. The van der Waals surface area contributed by atoms with Crippen molar-refractivity contribution in [2.24, 2.45) is 0 Å². The van der Waals surface area contributed by atoms with Gasteiger partial charge in [0.2, 0.25) is 0 Å². The smallest absolute Gasteiger partial charge is 0.287 e. The Morgan fingerprint density at radius 2 is 2.23 bits per heavy atom. The zero-order valence-electron chi connectivity index (χ0n) is 6.65. The Bertz CT molecular complexity index is 356. The van der Waals surface area contributed by atoms with Gasteiger partial charge in [-0.05, 0) is 28.7 Å². The molecular formula is C7H6INO3S. The molecule has 1 aromatic carbocycles. The minimum atomic E-state index is -0.479. The Morgan fingerprint density at radius 3 is 2.69 bits per heavy atom. The Labute approximate surface area is 94.0 Å². The van der Waals surface area contributed by atoms with Gasteiger partial charge in [-0.15, -0.1) is 12.6 Å². The summed E-state index contributed by atoms with van der Waals surface area (Å²) < 4.78 is 5.68. The van der Waals surface area contributed by atoms with Gasteiger partial charge in [0.25, 0.3) is 5.69 Å². The number of nitro benzene ring substituents is 1. The predicted octanol–water partition coefficient (Wildman–Crippen LogP) is 2.50. The van der Waals surface area contributed by atoms with Gasteiger partial charge in [0.05, 0.1) is 12.0 Å². The summed E-state index contributed by atoms with van der Waals surface area (Å²) >= 11 is 5.99. The van der Waals surface area contributed by atoms with Crippen LogP contribution in [0.15, 0.2) is 17.0 Å². The molecule has 13 heavy (non-hydrogen) atoms. The van der Waals surface area contributed by atoms with Crippen LogP contribution >= 0.6 is 35.2 Å². The Kier molecular flexibility index (Phi) is 3.37. The van der Waals surface area contributed by atoms with Crippen molar-refractivity contribution in [3.05, 3.63) is 25.8 Å². The molecular weight excluding hydrogens is 305 g/mol. The molecule has 6 heteroatoms. The molecule has 0 heterocycles. The number of benzene rings is 1. The lowest BCUT2D eigenvalue weighted by molar-refractivity contribution is -0.387. The van der Waals surface area contributed by atoms with Crippen molar-refractivity contribution in [2.75, 3.05) is 7.11 Å². The van der Waals surface area contributed by atoms with Crippen molar-refractivity contribution in [1.82, 2.24) is 0 Å². The zero-order chi connectivity index (χ0) is 10.0. The number of hydrogen-bond acceptors (Lipinski definition) is 4. The summed E-state index contributed by atoms with van der Waals surface area (Å²) in [5.74, 6) is 0.418. The molecule has 0 spiro atoms. The van der Waals surface area contributed by atoms with Gasteiger partial charge in [0.1, 0.15) is 10.6 Å². The first-order chi connectivity index (χ1) is 6.06. The van der Waals surface area contributed by atoms with Crippen molar-refractivity contribution in [1.29, 1.82) is 0 Å². The van der Waals surface area contributed by atoms with E-state index in [4.69, 9.17) is 4.74 Å². The van der Waals surface area contributed by atoms with Crippen LogP contribution in [0.5, 0.6) is 5.75 Å². The van der Waals surface area contributed by atoms with Crippen molar-refractivity contribution in [2.45, 2.75) is 4.90 Å². The van der Waals surface area contributed by atoms with Crippen molar-refractivity contribution in [3.63, 3.8) is 0 Å². The van der Waals surface area contributed by atoms with Crippen molar-refractivity contribution >= 4 is 40.9 Å². The summed E-state index contributed by atoms with van der Waals surface area (Å²) in [5.41, 5.74) is -0.0351. The summed E-state index contributed by atoms with van der Waals surface area (Å²) in [6.45, 7) is 0. The number of hydrogen-bond donors (Lipinski definition) is 1. The highest BCUT2D eigenvalue weighted by Crippen LogP contribution is 2.33. The summed E-state index contributed by atoms with van der Waals surface area (Å²) in [5, 5.41) is 10.5. The molecule has 0 fully saturated rings. The topological polar surface area (TPSA) is 52.4 Å². The maximum atomic E-state index is 10.5. The van der Waals surface area contributed by atoms with E-state index in [1.54, 1.807) is 6.07 Å². The van der Waals surface area contributed by atoms with E-state index in [1.807, 2.05) is 22.6 Å². The van der Waals surface area contributed by atoms with E-state index >= 15 is 0 Å². The molecule has 0 aliphatic heterocycles. The fraction of sp³-hybridized carbons (Fsp3) is 0.143. The molecule has 0 radical (unpaired) electrons. The Morgan fingerprint density at radius 1 is 1.62 bits per heavy atom. The van der Waals surface area contributed by atoms with Gasteiger partial charge in [0, 0.05) is 9.64 Å². The molecule has 0 bridgehead atoms. The van der Waals surface area contributed by atoms with Gasteiger partial charge >= 0.3 is 0 Å². The second-order valence-electron chi connectivity index (χ2n) is 2.23. The Balaban J connectivity index is 3.35. The number of thiol groups is 1. The van der Waals surface area contributed by atoms with Crippen LogP contribution in [0.3, 0.4) is 0 Å². The number of methoxy groups -OCH3 is 1. The van der Waals surface area contributed by atoms with Gasteiger partial charge < -0.3 is 4.74 Å². The van der Waals surface area contributed by atoms with Crippen LogP contribution in [-0.4, -0.2) is 12.0 Å². The highest BCUT2D eigenvalue weighted by atomic mass is 127. The lowest BCUT2D eigenvalue weighted by atomic mass is 10.3. The van der Waals surface area contributed by atoms with E-state index in [2.05, 4.69) is 12.6 Å². The SMILES string of the molecule is COc1cc(I)cc([N+](=O)[O-])c1S. The maximum absolute atomic E-state index is 10.5. The third kappa shape index (κ3) is 2.25. The average Bonchev–Trinajstić information content (AvgIpc) is 2.08. The van der Waals surface area contributed by atoms with E-state index < -0.39 is 4.92 Å². The molecule has 0 aliphatic rings. The van der Waals surface area contributed by atoms with Crippen LogP contribution in [0.4, 0.5) is 5.69 Å². The fourth-order valence-electron chi connectivity index (χ4n) is 0.855. The third-order valence-electron chi connectivity index (χ3n) is 1.44. The first-order valence-corrected chi connectivity index (χ1v) is 4.79. The van der Waals surface area contributed by atoms with E-state index in [0.29, 0.717) is 5.75 Å². The largest absolute Gasteiger partial charge is 0.495 e. The van der Waals surface area contributed by atoms with E-state index in [1.165, 1.54) is 13.2 Å². The highest BCUT2D eigenvalue weighted by molar-refractivity contribution is 14.1. The summed E-state index contributed by atoms with van der Waals surface area (Å²) in [6, 6.07) is 3.14. The maximum Gasteiger partial charge on any atom is 0.287 e. The monoisotopic (exact) mass is 311 g/mol. The summed E-state index contributed by atoms with van der Waals surface area (Å²) in [4.78, 5) is 10.3. The molecule has 4 nitrogen and oxygen atoms in total. The summed E-state index contributed by atoms with van der Waals surface area (Å²) in [7, 11) is 1.45. The van der Waals surface area contributed by atoms with Gasteiger partial charge in [-0.3, -0.25) is 10.1 Å². The second-order valence-corrected chi connectivity index (χ2v) is 3.93. The molecule has 0 aliphatic carbocycles.